The highest BCUT2D eigenvalue weighted by Gasteiger charge is 2.18. The molecule has 0 aliphatic heterocycles. The van der Waals surface area contributed by atoms with E-state index in [4.69, 9.17) is 10.00 Å². The third-order valence-electron chi connectivity index (χ3n) is 3.90. The third-order valence-corrected chi connectivity index (χ3v) is 4.94. The fraction of sp³-hybridized carbons (Fsp3) is 0.190. The number of halogens is 1. The lowest BCUT2D eigenvalue weighted by Crippen LogP contribution is -2.37. The molecule has 10 heteroatoms. The SMILES string of the molecule is N#CCCN(C(=O)COC(=O)CNS(=O)(=O)/C=C/c1ccccc1)c1ccc(F)cc1. The van der Waals surface area contributed by atoms with Crippen molar-refractivity contribution in [3.8, 4) is 6.07 Å². The van der Waals surface area contributed by atoms with Crippen molar-refractivity contribution in [1.29, 1.82) is 5.26 Å². The first kappa shape index (κ1) is 23.7. The highest BCUT2D eigenvalue weighted by molar-refractivity contribution is 7.92. The number of nitrogens with one attached hydrogen (secondary N) is 1. The van der Waals surface area contributed by atoms with Gasteiger partial charge in [0.2, 0.25) is 10.0 Å². The van der Waals surface area contributed by atoms with Gasteiger partial charge in [0.05, 0.1) is 12.5 Å². The van der Waals surface area contributed by atoms with E-state index in [0.29, 0.717) is 11.3 Å². The van der Waals surface area contributed by atoms with Gasteiger partial charge in [-0.2, -0.15) is 5.26 Å². The lowest BCUT2D eigenvalue weighted by Gasteiger charge is -2.21. The zero-order chi connectivity index (χ0) is 22.7. The van der Waals surface area contributed by atoms with Crippen molar-refractivity contribution in [2.45, 2.75) is 6.42 Å². The van der Waals surface area contributed by atoms with Crippen molar-refractivity contribution in [3.63, 3.8) is 0 Å². The summed E-state index contributed by atoms with van der Waals surface area (Å²) in [7, 11) is -3.89. The number of hydrogen-bond acceptors (Lipinski definition) is 6. The summed E-state index contributed by atoms with van der Waals surface area (Å²) in [5.41, 5.74) is 1.00. The van der Waals surface area contributed by atoms with Gasteiger partial charge in [-0.1, -0.05) is 30.3 Å². The Balaban J connectivity index is 1.88. The van der Waals surface area contributed by atoms with Crippen LogP contribution in [0.15, 0.2) is 60.0 Å². The number of anilines is 1. The lowest BCUT2D eigenvalue weighted by atomic mass is 10.2. The van der Waals surface area contributed by atoms with Crippen LogP contribution in [0, 0.1) is 17.1 Å². The van der Waals surface area contributed by atoms with Gasteiger partial charge >= 0.3 is 5.97 Å². The van der Waals surface area contributed by atoms with Gasteiger partial charge in [-0.25, -0.2) is 17.5 Å². The average Bonchev–Trinajstić information content (AvgIpc) is 2.77. The number of benzene rings is 2. The second-order valence-electron chi connectivity index (χ2n) is 6.17. The van der Waals surface area contributed by atoms with Gasteiger partial charge in [0.15, 0.2) is 6.61 Å². The number of ether oxygens (including phenoxy) is 1. The Morgan fingerprint density at radius 3 is 2.45 bits per heavy atom. The minimum Gasteiger partial charge on any atom is -0.455 e. The molecule has 0 bridgehead atoms. The molecule has 0 saturated carbocycles. The molecule has 0 aromatic heterocycles. The molecule has 2 aromatic carbocycles. The summed E-state index contributed by atoms with van der Waals surface area (Å²) in [5, 5.41) is 9.68. The van der Waals surface area contributed by atoms with Crippen LogP contribution in [0.1, 0.15) is 12.0 Å². The summed E-state index contributed by atoms with van der Waals surface area (Å²) < 4.78 is 43.9. The van der Waals surface area contributed by atoms with E-state index >= 15 is 0 Å². The molecule has 1 amide bonds. The van der Waals surface area contributed by atoms with E-state index in [1.165, 1.54) is 23.1 Å². The molecule has 2 aromatic rings. The van der Waals surface area contributed by atoms with Crippen LogP contribution < -0.4 is 9.62 Å². The molecule has 0 radical (unpaired) electrons. The summed E-state index contributed by atoms with van der Waals surface area (Å²) in [6.07, 6.45) is 1.39. The minimum absolute atomic E-state index is 0.0185. The molecule has 1 N–H and O–H groups in total. The number of esters is 1. The summed E-state index contributed by atoms with van der Waals surface area (Å²) >= 11 is 0. The number of amides is 1. The topological polar surface area (TPSA) is 117 Å². The fourth-order valence-corrected chi connectivity index (χ4v) is 3.14. The van der Waals surface area contributed by atoms with Crippen LogP contribution in [0.3, 0.4) is 0 Å². The van der Waals surface area contributed by atoms with Crippen LogP contribution >= 0.6 is 0 Å². The van der Waals surface area contributed by atoms with Gasteiger partial charge in [0, 0.05) is 17.6 Å². The quantitative estimate of drug-likeness (QED) is 0.561. The molecular weight excluding hydrogens is 425 g/mol. The third kappa shape index (κ3) is 8.38. The van der Waals surface area contributed by atoms with Crippen LogP contribution in [0.4, 0.5) is 10.1 Å². The van der Waals surface area contributed by atoms with Crippen molar-refractivity contribution in [2.75, 3.05) is 24.6 Å². The van der Waals surface area contributed by atoms with Crippen molar-refractivity contribution in [3.05, 3.63) is 71.4 Å². The van der Waals surface area contributed by atoms with Crippen LogP contribution in [0.25, 0.3) is 6.08 Å². The molecule has 0 fully saturated rings. The second-order valence-corrected chi connectivity index (χ2v) is 7.82. The van der Waals surface area contributed by atoms with Gasteiger partial charge in [-0.15, -0.1) is 0 Å². The summed E-state index contributed by atoms with van der Waals surface area (Å²) in [4.78, 5) is 25.4. The molecule has 31 heavy (non-hydrogen) atoms. The molecule has 8 nitrogen and oxygen atoms in total. The Bertz CT molecular complexity index is 1060. The van der Waals surface area contributed by atoms with Crippen LogP contribution in [-0.4, -0.2) is 40.0 Å². The maximum absolute atomic E-state index is 13.1. The Morgan fingerprint density at radius 1 is 1.13 bits per heavy atom. The molecular formula is C21H20FN3O5S. The lowest BCUT2D eigenvalue weighted by molar-refractivity contribution is -0.146. The Morgan fingerprint density at radius 2 is 1.81 bits per heavy atom. The zero-order valence-corrected chi connectivity index (χ0v) is 17.2. The van der Waals surface area contributed by atoms with Gasteiger partial charge in [0.25, 0.3) is 5.91 Å². The molecule has 0 heterocycles. The first-order valence-electron chi connectivity index (χ1n) is 9.12. The molecule has 0 aliphatic carbocycles. The van der Waals surface area contributed by atoms with E-state index < -0.39 is 40.9 Å². The van der Waals surface area contributed by atoms with Gasteiger partial charge in [-0.3, -0.25) is 9.59 Å². The predicted octanol–water partition coefficient (Wildman–Crippen LogP) is 2.21. The van der Waals surface area contributed by atoms with Gasteiger partial charge < -0.3 is 9.64 Å². The molecule has 0 unspecified atom stereocenters. The largest absolute Gasteiger partial charge is 0.455 e. The summed E-state index contributed by atoms with van der Waals surface area (Å²) in [6, 6.07) is 15.7. The van der Waals surface area contributed by atoms with E-state index in [9.17, 15) is 22.4 Å². The van der Waals surface area contributed by atoms with Gasteiger partial charge in [0.1, 0.15) is 12.4 Å². The Kier molecular flexibility index (Phi) is 8.87. The van der Waals surface area contributed by atoms with Gasteiger partial charge in [-0.05, 0) is 35.9 Å². The average molecular weight is 445 g/mol. The first-order valence-corrected chi connectivity index (χ1v) is 10.7. The van der Waals surface area contributed by atoms with Crippen LogP contribution in [-0.2, 0) is 24.3 Å². The minimum atomic E-state index is -3.89. The van der Waals surface area contributed by atoms with Crippen molar-refractivity contribution < 1.29 is 27.1 Å². The zero-order valence-electron chi connectivity index (χ0n) is 16.4. The smallest absolute Gasteiger partial charge is 0.321 e. The van der Waals surface area contributed by atoms with E-state index in [2.05, 4.69) is 4.72 Å². The number of rotatable bonds is 10. The number of nitriles is 1. The van der Waals surface area contributed by atoms with Crippen LogP contribution in [0.2, 0.25) is 0 Å². The molecule has 2 rings (SSSR count). The normalized spacial score (nSPS) is 11.1. The van der Waals surface area contributed by atoms with Crippen molar-refractivity contribution in [1.82, 2.24) is 4.72 Å². The highest BCUT2D eigenvalue weighted by Crippen LogP contribution is 2.15. The summed E-state index contributed by atoms with van der Waals surface area (Å²) in [6.45, 7) is -1.30. The Hall–Kier alpha value is -3.55. The number of nitrogens with zero attached hydrogens (tertiary/aromatic N) is 2. The van der Waals surface area contributed by atoms with Crippen molar-refractivity contribution in [2.24, 2.45) is 0 Å². The maximum atomic E-state index is 13.1. The number of hydrogen-bond donors (Lipinski definition) is 1. The molecule has 0 atom stereocenters. The summed E-state index contributed by atoms with van der Waals surface area (Å²) in [5.74, 6) is -2.08. The van der Waals surface area contributed by atoms with Crippen molar-refractivity contribution >= 4 is 33.7 Å². The molecule has 0 aliphatic rings. The van der Waals surface area contributed by atoms with E-state index in [-0.39, 0.29) is 13.0 Å². The standard InChI is InChI=1S/C21H20FN3O5S/c22-18-7-9-19(10-8-18)25(13-4-12-23)20(26)16-30-21(27)15-24-31(28,29)14-11-17-5-2-1-3-6-17/h1-3,5-11,14,24H,4,13,15-16H2/b14-11+. The predicted molar refractivity (Wildman–Crippen MR) is 112 cm³/mol. The van der Waals surface area contributed by atoms with Crippen LogP contribution in [0.5, 0.6) is 0 Å². The second kappa shape index (κ2) is 11.6. The highest BCUT2D eigenvalue weighted by atomic mass is 32.2. The maximum Gasteiger partial charge on any atom is 0.321 e. The number of carbonyl (C=O) groups is 2. The van der Waals surface area contributed by atoms with E-state index in [1.54, 1.807) is 30.3 Å². The number of carbonyl (C=O) groups excluding carboxylic acids is 2. The molecule has 0 saturated heterocycles. The molecule has 162 valence electrons. The molecule has 0 spiro atoms. The number of sulfonamides is 1. The Labute approximate surface area is 179 Å². The first-order chi connectivity index (χ1) is 14.8. The van der Waals surface area contributed by atoms with E-state index in [1.807, 2.05) is 6.07 Å². The van der Waals surface area contributed by atoms with E-state index in [0.717, 1.165) is 17.5 Å². The fourth-order valence-electron chi connectivity index (χ4n) is 2.39. The monoisotopic (exact) mass is 445 g/mol.